The van der Waals surface area contributed by atoms with E-state index in [1.165, 1.54) is 17.6 Å². The molecule has 3 aromatic heterocycles. The van der Waals surface area contributed by atoms with E-state index in [2.05, 4.69) is 37.7 Å². The number of piperazine rings is 1. The van der Waals surface area contributed by atoms with E-state index in [4.69, 9.17) is 8.94 Å². The first-order valence-electron chi connectivity index (χ1n) is 8.22. The van der Waals surface area contributed by atoms with Crippen molar-refractivity contribution in [3.05, 3.63) is 46.9 Å². The Kier molecular flexibility index (Phi) is 6.22. The number of likely N-dealkylation sites (N-methyl/N-ethyl adjacent to an activating group) is 1. The monoisotopic (exact) mass is 410 g/mol. The van der Waals surface area contributed by atoms with Crippen molar-refractivity contribution in [1.82, 2.24) is 25.3 Å². The standard InChI is InChI=1S/C16H18N6O3S.ClH/c1-22-5-4-17-8-11(22)14-19-13(25-21-14)7-10-9-26-16(18-10)20-15(23)12-3-2-6-24-12;/h2-3,6,9,11,17H,4-5,7-8H2,1H3,(H,18,20,23);1H. The largest absolute Gasteiger partial charge is 0.459 e. The molecule has 144 valence electrons. The molecule has 4 heterocycles. The van der Waals surface area contributed by atoms with E-state index in [0.717, 1.165) is 25.3 Å². The number of nitrogens with one attached hydrogen (secondary N) is 2. The van der Waals surface area contributed by atoms with Crippen LogP contribution in [0.25, 0.3) is 0 Å². The molecule has 1 aliphatic heterocycles. The molecule has 0 radical (unpaired) electrons. The van der Waals surface area contributed by atoms with Gasteiger partial charge in [-0.05, 0) is 19.2 Å². The van der Waals surface area contributed by atoms with Crippen LogP contribution in [0.4, 0.5) is 5.13 Å². The van der Waals surface area contributed by atoms with Crippen molar-refractivity contribution in [3.63, 3.8) is 0 Å². The fourth-order valence-corrected chi connectivity index (χ4v) is 3.44. The summed E-state index contributed by atoms with van der Waals surface area (Å²) in [7, 11) is 2.05. The molecule has 1 aliphatic rings. The summed E-state index contributed by atoms with van der Waals surface area (Å²) in [5.41, 5.74) is 0.759. The fraction of sp³-hybridized carbons (Fsp3) is 0.375. The first-order chi connectivity index (χ1) is 12.7. The summed E-state index contributed by atoms with van der Waals surface area (Å²) in [6.07, 6.45) is 1.87. The van der Waals surface area contributed by atoms with Crippen LogP contribution >= 0.6 is 23.7 Å². The van der Waals surface area contributed by atoms with Gasteiger partial charge in [0.2, 0.25) is 5.89 Å². The van der Waals surface area contributed by atoms with Gasteiger partial charge in [0.05, 0.1) is 24.4 Å². The molecular weight excluding hydrogens is 392 g/mol. The number of carbonyl (C=O) groups is 1. The molecule has 3 aromatic rings. The summed E-state index contributed by atoms with van der Waals surface area (Å²) in [5, 5.41) is 12.5. The van der Waals surface area contributed by atoms with Crippen LogP contribution in [0.1, 0.15) is 34.0 Å². The van der Waals surface area contributed by atoms with Crippen molar-refractivity contribution in [2.75, 3.05) is 32.0 Å². The lowest BCUT2D eigenvalue weighted by atomic mass is 10.2. The number of nitrogens with zero attached hydrogens (tertiary/aromatic N) is 4. The zero-order valence-electron chi connectivity index (χ0n) is 14.5. The summed E-state index contributed by atoms with van der Waals surface area (Å²) in [6, 6.07) is 3.37. The van der Waals surface area contributed by atoms with Crippen molar-refractivity contribution >= 4 is 34.8 Å². The van der Waals surface area contributed by atoms with Gasteiger partial charge in [0.25, 0.3) is 5.91 Å². The molecule has 1 atom stereocenters. The molecule has 9 nitrogen and oxygen atoms in total. The van der Waals surface area contributed by atoms with E-state index < -0.39 is 0 Å². The van der Waals surface area contributed by atoms with Gasteiger partial charge in [-0.3, -0.25) is 15.0 Å². The highest BCUT2D eigenvalue weighted by Gasteiger charge is 2.25. The molecule has 1 saturated heterocycles. The SMILES string of the molecule is CN1CCNCC1c1noc(Cc2csc(NC(=O)c3ccco3)n2)n1.Cl. The number of rotatable bonds is 5. The molecular formula is C16H19ClN6O3S. The van der Waals surface area contributed by atoms with Crippen LogP contribution in [-0.4, -0.2) is 52.6 Å². The number of anilines is 1. The highest BCUT2D eigenvalue weighted by molar-refractivity contribution is 7.13. The molecule has 4 rings (SSSR count). The number of aromatic nitrogens is 3. The zero-order chi connectivity index (χ0) is 17.9. The Balaban J connectivity index is 0.00000210. The molecule has 11 heteroatoms. The fourth-order valence-electron chi connectivity index (χ4n) is 2.74. The summed E-state index contributed by atoms with van der Waals surface area (Å²) >= 11 is 1.34. The van der Waals surface area contributed by atoms with Crippen molar-refractivity contribution in [3.8, 4) is 0 Å². The van der Waals surface area contributed by atoms with Gasteiger partial charge in [0.1, 0.15) is 0 Å². The lowest BCUT2D eigenvalue weighted by Gasteiger charge is -2.30. The van der Waals surface area contributed by atoms with Gasteiger partial charge in [0.15, 0.2) is 16.7 Å². The van der Waals surface area contributed by atoms with E-state index in [1.54, 1.807) is 12.1 Å². The Hall–Kier alpha value is -2.27. The van der Waals surface area contributed by atoms with E-state index in [9.17, 15) is 4.79 Å². The lowest BCUT2D eigenvalue weighted by Crippen LogP contribution is -2.44. The van der Waals surface area contributed by atoms with Gasteiger partial charge in [-0.1, -0.05) is 5.16 Å². The molecule has 27 heavy (non-hydrogen) atoms. The molecule has 1 unspecified atom stereocenters. The number of carbonyl (C=O) groups excluding carboxylic acids is 1. The second-order valence-corrected chi connectivity index (χ2v) is 6.86. The third-order valence-electron chi connectivity index (χ3n) is 4.14. The molecule has 0 spiro atoms. The van der Waals surface area contributed by atoms with Gasteiger partial charge in [-0.25, -0.2) is 4.98 Å². The second kappa shape index (κ2) is 8.61. The predicted octanol–water partition coefficient (Wildman–Crippen LogP) is 1.96. The summed E-state index contributed by atoms with van der Waals surface area (Å²) in [4.78, 5) is 23.0. The third-order valence-corrected chi connectivity index (χ3v) is 4.95. The highest BCUT2D eigenvalue weighted by atomic mass is 35.5. The number of furan rings is 1. The van der Waals surface area contributed by atoms with Gasteiger partial charge >= 0.3 is 0 Å². The molecule has 0 aliphatic carbocycles. The van der Waals surface area contributed by atoms with Crippen LogP contribution in [-0.2, 0) is 6.42 Å². The first kappa shape index (κ1) is 19.5. The number of amides is 1. The van der Waals surface area contributed by atoms with E-state index >= 15 is 0 Å². The average Bonchev–Trinajstić information content (AvgIpc) is 3.37. The van der Waals surface area contributed by atoms with Gasteiger partial charge in [0, 0.05) is 25.0 Å². The van der Waals surface area contributed by atoms with Crippen molar-refractivity contribution in [2.24, 2.45) is 0 Å². The minimum absolute atomic E-state index is 0. The average molecular weight is 411 g/mol. The Morgan fingerprint density at radius 1 is 1.48 bits per heavy atom. The van der Waals surface area contributed by atoms with Crippen LogP contribution < -0.4 is 10.6 Å². The molecule has 2 N–H and O–H groups in total. The summed E-state index contributed by atoms with van der Waals surface area (Å²) < 4.78 is 10.4. The Morgan fingerprint density at radius 2 is 2.37 bits per heavy atom. The molecule has 1 amide bonds. The van der Waals surface area contributed by atoms with Crippen LogP contribution in [0, 0.1) is 0 Å². The van der Waals surface area contributed by atoms with E-state index in [1.807, 2.05) is 5.38 Å². The Morgan fingerprint density at radius 3 is 3.15 bits per heavy atom. The van der Waals surface area contributed by atoms with Gasteiger partial charge < -0.3 is 14.3 Å². The van der Waals surface area contributed by atoms with E-state index in [0.29, 0.717) is 23.3 Å². The smallest absolute Gasteiger partial charge is 0.293 e. The number of hydrogen-bond acceptors (Lipinski definition) is 9. The maximum atomic E-state index is 12.0. The van der Waals surface area contributed by atoms with Crippen LogP contribution in [0.2, 0.25) is 0 Å². The number of hydrogen-bond donors (Lipinski definition) is 2. The number of thiazole rings is 1. The zero-order valence-corrected chi connectivity index (χ0v) is 16.2. The third kappa shape index (κ3) is 4.53. The normalized spacial score (nSPS) is 17.4. The van der Waals surface area contributed by atoms with Crippen LogP contribution in [0.15, 0.2) is 32.7 Å². The molecule has 0 saturated carbocycles. The molecule has 1 fully saturated rings. The quantitative estimate of drug-likeness (QED) is 0.656. The minimum atomic E-state index is -0.330. The molecule has 0 aromatic carbocycles. The van der Waals surface area contributed by atoms with Crippen LogP contribution in [0.3, 0.4) is 0 Å². The van der Waals surface area contributed by atoms with Crippen LogP contribution in [0.5, 0.6) is 0 Å². The van der Waals surface area contributed by atoms with E-state index in [-0.39, 0.29) is 30.1 Å². The topological polar surface area (TPSA) is 109 Å². The first-order valence-corrected chi connectivity index (χ1v) is 9.09. The minimum Gasteiger partial charge on any atom is -0.459 e. The summed E-state index contributed by atoms with van der Waals surface area (Å²) in [5.74, 6) is 1.10. The molecule has 0 bridgehead atoms. The van der Waals surface area contributed by atoms with Gasteiger partial charge in [-0.15, -0.1) is 23.7 Å². The van der Waals surface area contributed by atoms with Crippen molar-refractivity contribution < 1.29 is 13.7 Å². The Bertz CT molecular complexity index is 880. The number of halogens is 1. The second-order valence-electron chi connectivity index (χ2n) is 6.00. The maximum absolute atomic E-state index is 12.0. The lowest BCUT2D eigenvalue weighted by molar-refractivity contribution is 0.0996. The van der Waals surface area contributed by atoms with Gasteiger partial charge in [-0.2, -0.15) is 4.98 Å². The highest BCUT2D eigenvalue weighted by Crippen LogP contribution is 2.21. The maximum Gasteiger partial charge on any atom is 0.293 e. The summed E-state index contributed by atoms with van der Waals surface area (Å²) in [6.45, 7) is 2.71. The van der Waals surface area contributed by atoms with Crippen molar-refractivity contribution in [1.29, 1.82) is 0 Å². The Labute approximate surface area is 165 Å². The predicted molar refractivity (Wildman–Crippen MR) is 101 cm³/mol. The van der Waals surface area contributed by atoms with Crippen molar-refractivity contribution in [2.45, 2.75) is 12.5 Å².